The summed E-state index contributed by atoms with van der Waals surface area (Å²) in [6.07, 6.45) is 3.27. The van der Waals surface area contributed by atoms with E-state index in [9.17, 15) is 4.79 Å². The molecule has 4 aromatic rings. The lowest BCUT2D eigenvalue weighted by Gasteiger charge is -2.04. The van der Waals surface area contributed by atoms with Gasteiger partial charge in [-0.1, -0.05) is 0 Å². The lowest BCUT2D eigenvalue weighted by molar-refractivity contribution is 0.0561. The molecular weight excluding hydrogens is 324 g/mol. The molecule has 6 heteroatoms. The van der Waals surface area contributed by atoms with Crippen molar-refractivity contribution < 1.29 is 27.5 Å². The van der Waals surface area contributed by atoms with Gasteiger partial charge in [0.2, 0.25) is 5.76 Å². The first-order chi connectivity index (χ1) is 12.2. The Balaban J connectivity index is 1.55. The van der Waals surface area contributed by atoms with Gasteiger partial charge in [-0.2, -0.15) is 0 Å². The summed E-state index contributed by atoms with van der Waals surface area (Å²) >= 11 is 0. The number of carbonyl (C=O) groups is 1. The lowest BCUT2D eigenvalue weighted by atomic mass is 10.1. The first-order valence-electron chi connectivity index (χ1n) is 7.59. The number of hydrogen-bond donors (Lipinski definition) is 0. The zero-order valence-electron chi connectivity index (χ0n) is 13.4. The smallest absolute Gasteiger partial charge is 0.373 e. The van der Waals surface area contributed by atoms with Gasteiger partial charge in [0.25, 0.3) is 0 Å². The largest absolute Gasteiger partial charge is 0.486 e. The van der Waals surface area contributed by atoms with Crippen LogP contribution in [0.5, 0.6) is 5.75 Å². The Hall–Kier alpha value is -3.41. The van der Waals surface area contributed by atoms with E-state index in [2.05, 4.69) is 4.74 Å². The molecule has 0 radical (unpaired) electrons. The quantitative estimate of drug-likeness (QED) is 0.493. The SMILES string of the molecule is COC(=O)c1ccc(COc2ccc3occ(-c4ccco4)c3c2)o1. The maximum Gasteiger partial charge on any atom is 0.373 e. The van der Waals surface area contributed by atoms with E-state index in [-0.39, 0.29) is 12.4 Å². The molecule has 4 rings (SSSR count). The van der Waals surface area contributed by atoms with Crippen LogP contribution in [0.3, 0.4) is 0 Å². The van der Waals surface area contributed by atoms with Crippen molar-refractivity contribution in [3.8, 4) is 17.1 Å². The van der Waals surface area contributed by atoms with Crippen LogP contribution in [0, 0.1) is 0 Å². The highest BCUT2D eigenvalue weighted by Gasteiger charge is 2.13. The van der Waals surface area contributed by atoms with Gasteiger partial charge in [-0.25, -0.2) is 4.79 Å². The van der Waals surface area contributed by atoms with Crippen LogP contribution in [-0.2, 0) is 11.3 Å². The molecule has 0 saturated heterocycles. The van der Waals surface area contributed by atoms with Crippen LogP contribution >= 0.6 is 0 Å². The summed E-state index contributed by atoms with van der Waals surface area (Å²) in [6, 6.07) is 12.4. The van der Waals surface area contributed by atoms with E-state index >= 15 is 0 Å². The third-order valence-electron chi connectivity index (χ3n) is 3.76. The van der Waals surface area contributed by atoms with Gasteiger partial charge < -0.3 is 22.7 Å². The molecule has 0 amide bonds. The molecule has 6 nitrogen and oxygen atoms in total. The minimum atomic E-state index is -0.519. The molecule has 0 aliphatic heterocycles. The standard InChI is InChI=1S/C19H14O6/c1-21-19(20)18-7-5-13(25-18)10-23-12-4-6-17-14(9-12)15(11-24-17)16-3-2-8-22-16/h2-9,11H,10H2,1H3. The van der Waals surface area contributed by atoms with E-state index in [4.69, 9.17) is 18.0 Å². The van der Waals surface area contributed by atoms with E-state index in [1.54, 1.807) is 24.7 Å². The number of methoxy groups -OCH3 is 1. The molecule has 0 N–H and O–H groups in total. The fourth-order valence-electron chi connectivity index (χ4n) is 2.54. The van der Waals surface area contributed by atoms with Crippen molar-refractivity contribution in [1.82, 2.24) is 0 Å². The predicted octanol–water partition coefficient (Wildman–Crippen LogP) is 4.65. The average molecular weight is 338 g/mol. The normalized spacial score (nSPS) is 10.9. The van der Waals surface area contributed by atoms with Gasteiger partial charge in [0.05, 0.1) is 18.9 Å². The van der Waals surface area contributed by atoms with Gasteiger partial charge in [-0.15, -0.1) is 0 Å². The Morgan fingerprint density at radius 1 is 1.12 bits per heavy atom. The van der Waals surface area contributed by atoms with Gasteiger partial charge in [0.1, 0.15) is 35.7 Å². The molecular formula is C19H14O6. The highest BCUT2D eigenvalue weighted by Crippen LogP contribution is 2.33. The van der Waals surface area contributed by atoms with Crippen molar-refractivity contribution in [3.05, 3.63) is 66.5 Å². The van der Waals surface area contributed by atoms with Crippen LogP contribution in [0.4, 0.5) is 0 Å². The second-order valence-electron chi connectivity index (χ2n) is 5.33. The molecule has 3 aromatic heterocycles. The minimum absolute atomic E-state index is 0.145. The maximum absolute atomic E-state index is 11.4. The van der Waals surface area contributed by atoms with Crippen molar-refractivity contribution >= 4 is 16.9 Å². The van der Waals surface area contributed by atoms with E-state index in [0.717, 1.165) is 22.3 Å². The van der Waals surface area contributed by atoms with E-state index in [0.29, 0.717) is 11.5 Å². The maximum atomic E-state index is 11.4. The number of rotatable bonds is 5. The topological polar surface area (TPSA) is 75.0 Å². The fourth-order valence-corrected chi connectivity index (χ4v) is 2.54. The number of hydrogen-bond acceptors (Lipinski definition) is 6. The van der Waals surface area contributed by atoms with Crippen LogP contribution in [0.2, 0.25) is 0 Å². The molecule has 0 bridgehead atoms. The van der Waals surface area contributed by atoms with E-state index in [1.165, 1.54) is 7.11 Å². The molecule has 0 spiro atoms. The van der Waals surface area contributed by atoms with Gasteiger partial charge in [-0.3, -0.25) is 0 Å². The molecule has 0 atom stereocenters. The Bertz CT molecular complexity index is 1010. The number of esters is 1. The summed E-state index contributed by atoms with van der Waals surface area (Å²) in [5, 5.41) is 0.891. The number of carbonyl (C=O) groups excluding carboxylic acids is 1. The van der Waals surface area contributed by atoms with E-state index < -0.39 is 5.97 Å². The van der Waals surface area contributed by atoms with Crippen molar-refractivity contribution in [1.29, 1.82) is 0 Å². The molecule has 1 aromatic carbocycles. The second-order valence-corrected chi connectivity index (χ2v) is 5.33. The summed E-state index contributed by atoms with van der Waals surface area (Å²) in [4.78, 5) is 11.4. The Labute approximate surface area is 142 Å². The summed E-state index contributed by atoms with van der Waals surface area (Å²) in [6.45, 7) is 0.191. The molecule has 0 aliphatic rings. The third-order valence-corrected chi connectivity index (χ3v) is 3.76. The molecule has 126 valence electrons. The van der Waals surface area contributed by atoms with Crippen LogP contribution in [0.1, 0.15) is 16.3 Å². The number of ether oxygens (including phenoxy) is 2. The lowest BCUT2D eigenvalue weighted by Crippen LogP contribution is -1.99. The second kappa shape index (κ2) is 6.24. The van der Waals surface area contributed by atoms with Crippen molar-refractivity contribution in [2.75, 3.05) is 7.11 Å². The van der Waals surface area contributed by atoms with Crippen molar-refractivity contribution in [2.45, 2.75) is 6.61 Å². The summed E-state index contributed by atoms with van der Waals surface area (Å²) in [5.41, 5.74) is 1.60. The van der Waals surface area contributed by atoms with Gasteiger partial charge in [0.15, 0.2) is 0 Å². The van der Waals surface area contributed by atoms with Gasteiger partial charge >= 0.3 is 5.97 Å². The summed E-state index contributed by atoms with van der Waals surface area (Å²) in [7, 11) is 1.30. The van der Waals surface area contributed by atoms with Gasteiger partial charge in [0, 0.05) is 5.39 Å². The van der Waals surface area contributed by atoms with Crippen LogP contribution in [0.25, 0.3) is 22.3 Å². The summed E-state index contributed by atoms with van der Waals surface area (Å²) < 4.78 is 26.7. The highest BCUT2D eigenvalue weighted by atomic mass is 16.5. The number of benzene rings is 1. The fraction of sp³-hybridized carbons (Fsp3) is 0.105. The Morgan fingerprint density at radius 3 is 2.84 bits per heavy atom. The zero-order chi connectivity index (χ0) is 17.2. The van der Waals surface area contributed by atoms with Crippen LogP contribution < -0.4 is 4.74 Å². The van der Waals surface area contributed by atoms with Crippen LogP contribution in [0.15, 0.2) is 68.2 Å². The predicted molar refractivity (Wildman–Crippen MR) is 88.3 cm³/mol. The monoisotopic (exact) mass is 338 g/mol. The molecule has 0 aliphatic carbocycles. The Morgan fingerprint density at radius 2 is 2.04 bits per heavy atom. The summed E-state index contributed by atoms with van der Waals surface area (Å²) in [5.74, 6) is 1.53. The van der Waals surface area contributed by atoms with Crippen molar-refractivity contribution in [2.24, 2.45) is 0 Å². The zero-order valence-corrected chi connectivity index (χ0v) is 13.4. The third kappa shape index (κ3) is 2.89. The number of fused-ring (bicyclic) bond motifs is 1. The Kier molecular flexibility index (Phi) is 3.78. The molecule has 0 saturated carbocycles. The first kappa shape index (κ1) is 15.1. The van der Waals surface area contributed by atoms with Crippen LogP contribution in [-0.4, -0.2) is 13.1 Å². The minimum Gasteiger partial charge on any atom is -0.486 e. The van der Waals surface area contributed by atoms with Gasteiger partial charge in [-0.05, 0) is 42.5 Å². The van der Waals surface area contributed by atoms with Crippen molar-refractivity contribution in [3.63, 3.8) is 0 Å². The molecule has 25 heavy (non-hydrogen) atoms. The first-order valence-corrected chi connectivity index (χ1v) is 7.59. The molecule has 3 heterocycles. The molecule has 0 fully saturated rings. The average Bonchev–Trinajstić information content (AvgIpc) is 3.38. The molecule has 0 unspecified atom stereocenters. The van der Waals surface area contributed by atoms with E-state index in [1.807, 2.05) is 30.3 Å². The highest BCUT2D eigenvalue weighted by molar-refractivity contribution is 5.93. The number of furan rings is 3.